The third-order valence-electron chi connectivity index (χ3n) is 2.86. The zero-order chi connectivity index (χ0) is 9.19. The summed E-state index contributed by atoms with van der Waals surface area (Å²) in [7, 11) is 0. The van der Waals surface area contributed by atoms with E-state index in [2.05, 4.69) is 20.8 Å². The molecule has 1 fully saturated rings. The van der Waals surface area contributed by atoms with Crippen molar-refractivity contribution in [2.75, 3.05) is 0 Å². The summed E-state index contributed by atoms with van der Waals surface area (Å²) in [4.78, 5) is 0. The van der Waals surface area contributed by atoms with E-state index in [0.717, 1.165) is 25.2 Å². The maximum absolute atomic E-state index is 10.2. The van der Waals surface area contributed by atoms with Crippen LogP contribution in [0.2, 0.25) is 0 Å². The number of rotatable bonds is 2. The molecule has 0 aromatic carbocycles. The number of hydrogen-bond acceptors (Lipinski definition) is 1. The van der Waals surface area contributed by atoms with E-state index in [1.165, 1.54) is 12.8 Å². The van der Waals surface area contributed by atoms with Crippen LogP contribution in [-0.4, -0.2) is 10.7 Å². The fourth-order valence-corrected chi connectivity index (χ4v) is 2.58. The first-order chi connectivity index (χ1) is 5.52. The quantitative estimate of drug-likeness (QED) is 0.675. The predicted octanol–water partition coefficient (Wildman–Crippen LogP) is 2.97. The molecule has 0 heterocycles. The van der Waals surface area contributed by atoms with Crippen molar-refractivity contribution in [2.45, 2.75) is 58.5 Å². The van der Waals surface area contributed by atoms with Crippen LogP contribution in [0.25, 0.3) is 0 Å². The smallest absolute Gasteiger partial charge is 0.0652 e. The van der Waals surface area contributed by atoms with Crippen LogP contribution in [-0.2, 0) is 0 Å². The molecule has 1 aliphatic carbocycles. The summed E-state index contributed by atoms with van der Waals surface area (Å²) in [6.07, 6.45) is 5.54. The lowest BCUT2D eigenvalue weighted by Gasteiger charge is -2.36. The first-order valence-corrected chi connectivity index (χ1v) is 5.24. The molecule has 1 rings (SSSR count). The van der Waals surface area contributed by atoms with Crippen molar-refractivity contribution in [3.8, 4) is 0 Å². The molecule has 0 radical (unpaired) electrons. The molecular weight excluding hydrogens is 148 g/mol. The Hall–Kier alpha value is -0.0400. The van der Waals surface area contributed by atoms with E-state index in [1.807, 2.05) is 0 Å². The monoisotopic (exact) mass is 170 g/mol. The molecule has 0 aromatic rings. The van der Waals surface area contributed by atoms with Crippen LogP contribution >= 0.6 is 0 Å². The molecule has 0 amide bonds. The summed E-state index contributed by atoms with van der Waals surface area (Å²) in [6, 6.07) is 0. The molecular formula is C11H22O. The second-order valence-corrected chi connectivity index (χ2v) is 5.02. The molecule has 1 aliphatic rings. The van der Waals surface area contributed by atoms with Crippen LogP contribution in [0.1, 0.15) is 52.9 Å². The molecule has 1 nitrogen and oxygen atoms in total. The van der Waals surface area contributed by atoms with Crippen molar-refractivity contribution in [3.63, 3.8) is 0 Å². The van der Waals surface area contributed by atoms with Gasteiger partial charge >= 0.3 is 0 Å². The van der Waals surface area contributed by atoms with Crippen LogP contribution in [0.3, 0.4) is 0 Å². The molecule has 0 bridgehead atoms. The lowest BCUT2D eigenvalue weighted by molar-refractivity contribution is -0.0293. The zero-order valence-electron chi connectivity index (χ0n) is 8.64. The third-order valence-corrected chi connectivity index (χ3v) is 2.86. The van der Waals surface area contributed by atoms with Gasteiger partial charge in [0.1, 0.15) is 0 Å². The van der Waals surface area contributed by atoms with E-state index < -0.39 is 0 Å². The van der Waals surface area contributed by atoms with Gasteiger partial charge in [0.25, 0.3) is 0 Å². The first-order valence-electron chi connectivity index (χ1n) is 5.24. The fourth-order valence-electron chi connectivity index (χ4n) is 2.58. The number of hydrogen-bond donors (Lipinski definition) is 1. The van der Waals surface area contributed by atoms with E-state index in [0.29, 0.717) is 5.92 Å². The molecule has 0 aliphatic heterocycles. The zero-order valence-corrected chi connectivity index (χ0v) is 8.64. The van der Waals surface area contributed by atoms with Crippen LogP contribution in [0.4, 0.5) is 0 Å². The van der Waals surface area contributed by atoms with Gasteiger partial charge in [-0.1, -0.05) is 33.6 Å². The molecule has 1 heteroatoms. The van der Waals surface area contributed by atoms with Gasteiger partial charge in [-0.25, -0.2) is 0 Å². The molecule has 0 spiro atoms. The Morgan fingerprint density at radius 1 is 1.50 bits per heavy atom. The van der Waals surface area contributed by atoms with Crippen LogP contribution in [0, 0.1) is 11.8 Å². The van der Waals surface area contributed by atoms with Crippen molar-refractivity contribution in [1.82, 2.24) is 0 Å². The van der Waals surface area contributed by atoms with Crippen molar-refractivity contribution >= 4 is 0 Å². The summed E-state index contributed by atoms with van der Waals surface area (Å²) in [5, 5.41) is 10.2. The lowest BCUT2D eigenvalue weighted by Crippen LogP contribution is -2.35. The standard InChI is InChI=1S/C11H22O/c1-9(2)7-11(12)6-4-5-10(3)8-11/h9-10,12H,4-8H2,1-3H3. The van der Waals surface area contributed by atoms with Gasteiger partial charge < -0.3 is 5.11 Å². The van der Waals surface area contributed by atoms with Crippen molar-refractivity contribution in [3.05, 3.63) is 0 Å². The SMILES string of the molecule is CC(C)CC1(O)CCCC(C)C1. The summed E-state index contributed by atoms with van der Waals surface area (Å²) in [6.45, 7) is 6.64. The molecule has 1 saturated carbocycles. The minimum Gasteiger partial charge on any atom is -0.390 e. The highest BCUT2D eigenvalue weighted by molar-refractivity contribution is 4.85. The largest absolute Gasteiger partial charge is 0.390 e. The fraction of sp³-hybridized carbons (Fsp3) is 1.00. The average Bonchev–Trinajstić information content (AvgIpc) is 1.82. The second kappa shape index (κ2) is 3.78. The second-order valence-electron chi connectivity index (χ2n) is 5.02. The number of aliphatic hydroxyl groups is 1. The van der Waals surface area contributed by atoms with Gasteiger partial charge in [-0.2, -0.15) is 0 Å². The topological polar surface area (TPSA) is 20.2 Å². The third kappa shape index (κ3) is 2.78. The average molecular weight is 170 g/mol. The van der Waals surface area contributed by atoms with E-state index in [4.69, 9.17) is 0 Å². The molecule has 2 atom stereocenters. The van der Waals surface area contributed by atoms with Gasteiger partial charge in [0.15, 0.2) is 0 Å². The van der Waals surface area contributed by atoms with E-state index in [1.54, 1.807) is 0 Å². The summed E-state index contributed by atoms with van der Waals surface area (Å²) < 4.78 is 0. The van der Waals surface area contributed by atoms with E-state index >= 15 is 0 Å². The minimum absolute atomic E-state index is 0.328. The van der Waals surface area contributed by atoms with Crippen molar-refractivity contribution in [1.29, 1.82) is 0 Å². The van der Waals surface area contributed by atoms with Crippen LogP contribution < -0.4 is 0 Å². The molecule has 0 aromatic heterocycles. The highest BCUT2D eigenvalue weighted by Gasteiger charge is 2.32. The highest BCUT2D eigenvalue weighted by atomic mass is 16.3. The Morgan fingerprint density at radius 2 is 2.17 bits per heavy atom. The predicted molar refractivity (Wildman–Crippen MR) is 52.0 cm³/mol. The van der Waals surface area contributed by atoms with E-state index in [-0.39, 0.29) is 5.60 Å². The Morgan fingerprint density at radius 3 is 2.67 bits per heavy atom. The van der Waals surface area contributed by atoms with Crippen molar-refractivity contribution < 1.29 is 5.11 Å². The Kier molecular flexibility index (Phi) is 3.16. The van der Waals surface area contributed by atoms with Gasteiger partial charge in [0, 0.05) is 0 Å². The Labute approximate surface area is 76.2 Å². The molecule has 1 N–H and O–H groups in total. The Bertz CT molecular complexity index is 138. The summed E-state index contributed by atoms with van der Waals surface area (Å²) >= 11 is 0. The first kappa shape index (κ1) is 10.0. The van der Waals surface area contributed by atoms with Crippen molar-refractivity contribution in [2.24, 2.45) is 11.8 Å². The van der Waals surface area contributed by atoms with Crippen LogP contribution in [0.5, 0.6) is 0 Å². The van der Waals surface area contributed by atoms with Gasteiger partial charge in [-0.15, -0.1) is 0 Å². The molecule has 2 unspecified atom stereocenters. The van der Waals surface area contributed by atoms with Gasteiger partial charge in [-0.05, 0) is 31.1 Å². The summed E-state index contributed by atoms with van der Waals surface area (Å²) in [5.74, 6) is 1.35. The van der Waals surface area contributed by atoms with Gasteiger partial charge in [0.2, 0.25) is 0 Å². The van der Waals surface area contributed by atoms with Crippen LogP contribution in [0.15, 0.2) is 0 Å². The molecule has 12 heavy (non-hydrogen) atoms. The normalized spacial score (nSPS) is 37.2. The molecule has 0 saturated heterocycles. The highest BCUT2D eigenvalue weighted by Crippen LogP contribution is 2.36. The van der Waals surface area contributed by atoms with Gasteiger partial charge in [-0.3, -0.25) is 0 Å². The van der Waals surface area contributed by atoms with Gasteiger partial charge in [0.05, 0.1) is 5.60 Å². The Balaban J connectivity index is 2.45. The molecule has 72 valence electrons. The maximum atomic E-state index is 10.2. The maximum Gasteiger partial charge on any atom is 0.0652 e. The van der Waals surface area contributed by atoms with E-state index in [9.17, 15) is 5.11 Å². The summed E-state index contributed by atoms with van der Waals surface area (Å²) in [5.41, 5.74) is -0.328. The lowest BCUT2D eigenvalue weighted by atomic mass is 9.75. The minimum atomic E-state index is -0.328.